The van der Waals surface area contributed by atoms with Crippen molar-refractivity contribution in [1.82, 2.24) is 10.2 Å². The Bertz CT molecular complexity index is 731. The highest BCUT2D eigenvalue weighted by molar-refractivity contribution is 5.94. The molecular formula is C21H29Cl2N3O. The van der Waals surface area contributed by atoms with Gasteiger partial charge in [-0.2, -0.15) is 0 Å². The van der Waals surface area contributed by atoms with Gasteiger partial charge in [0.25, 0.3) is 5.91 Å². The van der Waals surface area contributed by atoms with Crippen molar-refractivity contribution in [3.8, 4) is 0 Å². The maximum absolute atomic E-state index is 12.2. The lowest BCUT2D eigenvalue weighted by Gasteiger charge is -2.30. The maximum atomic E-state index is 12.2. The molecule has 0 unspecified atom stereocenters. The van der Waals surface area contributed by atoms with Crippen molar-refractivity contribution in [3.63, 3.8) is 0 Å². The van der Waals surface area contributed by atoms with E-state index in [1.807, 2.05) is 0 Å². The molecule has 3 N–H and O–H groups in total. The standard InChI is InChI=1S/C21H27N3O.2ClH/c1-16-8-10-24(11-9-16)15-18-5-2-4-17(12-18)14-23-21(25)19-6-3-7-20(22)13-19;;/h2-7,12-13,16H,8-11,14-15,22H2,1H3,(H,23,25);2*1H. The van der Waals surface area contributed by atoms with Gasteiger partial charge >= 0.3 is 0 Å². The zero-order valence-corrected chi connectivity index (χ0v) is 17.3. The zero-order chi connectivity index (χ0) is 17.6. The molecule has 1 amide bonds. The van der Waals surface area contributed by atoms with Gasteiger partial charge in [-0.3, -0.25) is 9.69 Å². The smallest absolute Gasteiger partial charge is 0.251 e. The lowest BCUT2D eigenvalue weighted by molar-refractivity contribution is 0.0951. The summed E-state index contributed by atoms with van der Waals surface area (Å²) in [4.78, 5) is 14.7. The van der Waals surface area contributed by atoms with Crippen LogP contribution in [-0.2, 0) is 13.1 Å². The molecule has 1 fully saturated rings. The zero-order valence-electron chi connectivity index (χ0n) is 15.7. The lowest BCUT2D eigenvalue weighted by atomic mass is 9.98. The van der Waals surface area contributed by atoms with Gasteiger partial charge in [-0.15, -0.1) is 24.8 Å². The van der Waals surface area contributed by atoms with Gasteiger partial charge in [0.2, 0.25) is 0 Å². The van der Waals surface area contributed by atoms with Gasteiger partial charge in [-0.25, -0.2) is 0 Å². The van der Waals surface area contributed by atoms with Crippen LogP contribution in [0.15, 0.2) is 48.5 Å². The van der Waals surface area contributed by atoms with E-state index >= 15 is 0 Å². The van der Waals surface area contributed by atoms with Crippen LogP contribution in [0.1, 0.15) is 41.3 Å². The van der Waals surface area contributed by atoms with Gasteiger partial charge < -0.3 is 11.1 Å². The summed E-state index contributed by atoms with van der Waals surface area (Å²) in [5, 5.41) is 2.97. The van der Waals surface area contributed by atoms with Crippen LogP contribution in [0.4, 0.5) is 5.69 Å². The Morgan fingerprint density at radius 2 is 1.74 bits per heavy atom. The number of nitrogens with two attached hydrogens (primary N) is 1. The molecule has 27 heavy (non-hydrogen) atoms. The normalized spacial score (nSPS) is 14.7. The van der Waals surface area contributed by atoms with E-state index in [-0.39, 0.29) is 30.7 Å². The Kier molecular flexibility index (Phi) is 9.64. The molecule has 3 rings (SSSR count). The van der Waals surface area contributed by atoms with Crippen LogP contribution < -0.4 is 11.1 Å². The minimum absolute atomic E-state index is 0. The van der Waals surface area contributed by atoms with Gasteiger partial charge in [0.1, 0.15) is 0 Å². The Hall–Kier alpha value is -1.75. The monoisotopic (exact) mass is 409 g/mol. The van der Waals surface area contributed by atoms with Crippen LogP contribution in [0.25, 0.3) is 0 Å². The Morgan fingerprint density at radius 3 is 2.44 bits per heavy atom. The molecule has 0 spiro atoms. The van der Waals surface area contributed by atoms with Gasteiger partial charge in [0.05, 0.1) is 0 Å². The molecule has 1 aliphatic rings. The summed E-state index contributed by atoms with van der Waals surface area (Å²) in [6.45, 7) is 6.21. The number of halogens is 2. The van der Waals surface area contributed by atoms with Crippen LogP contribution in [0.3, 0.4) is 0 Å². The number of nitrogen functional groups attached to an aromatic ring is 1. The number of carbonyl (C=O) groups excluding carboxylic acids is 1. The fourth-order valence-corrected chi connectivity index (χ4v) is 3.28. The van der Waals surface area contributed by atoms with Crippen molar-refractivity contribution in [3.05, 3.63) is 65.2 Å². The summed E-state index contributed by atoms with van der Waals surface area (Å²) >= 11 is 0. The van der Waals surface area contributed by atoms with Crippen molar-refractivity contribution in [2.24, 2.45) is 5.92 Å². The third-order valence-corrected chi connectivity index (χ3v) is 4.88. The third kappa shape index (κ3) is 7.06. The number of carbonyl (C=O) groups is 1. The topological polar surface area (TPSA) is 58.4 Å². The first-order valence-corrected chi connectivity index (χ1v) is 9.04. The van der Waals surface area contributed by atoms with E-state index in [9.17, 15) is 4.79 Å². The number of hydrogen-bond acceptors (Lipinski definition) is 3. The van der Waals surface area contributed by atoms with Crippen LogP contribution in [0.5, 0.6) is 0 Å². The molecule has 1 aliphatic heterocycles. The number of benzene rings is 2. The van der Waals surface area contributed by atoms with E-state index in [0.29, 0.717) is 17.8 Å². The summed E-state index contributed by atoms with van der Waals surface area (Å²) in [7, 11) is 0. The fourth-order valence-electron chi connectivity index (χ4n) is 3.28. The van der Waals surface area contributed by atoms with Crippen LogP contribution >= 0.6 is 24.8 Å². The summed E-state index contributed by atoms with van der Waals surface area (Å²) in [6, 6.07) is 15.5. The fraction of sp³-hybridized carbons (Fsp3) is 0.381. The van der Waals surface area contributed by atoms with Gasteiger partial charge in [0.15, 0.2) is 0 Å². The second-order valence-electron chi connectivity index (χ2n) is 7.09. The van der Waals surface area contributed by atoms with Crippen molar-refractivity contribution in [2.45, 2.75) is 32.9 Å². The highest BCUT2D eigenvalue weighted by Gasteiger charge is 2.15. The van der Waals surface area contributed by atoms with Gasteiger partial charge in [0, 0.05) is 24.3 Å². The van der Waals surface area contributed by atoms with E-state index in [2.05, 4.69) is 41.4 Å². The molecule has 148 valence electrons. The molecule has 0 radical (unpaired) electrons. The highest BCUT2D eigenvalue weighted by atomic mass is 35.5. The number of nitrogens with zero attached hydrogens (tertiary/aromatic N) is 1. The highest BCUT2D eigenvalue weighted by Crippen LogP contribution is 2.18. The quantitative estimate of drug-likeness (QED) is 0.724. The Labute approximate surface area is 174 Å². The number of anilines is 1. The predicted octanol–water partition coefficient (Wildman–Crippen LogP) is 4.27. The first kappa shape index (κ1) is 23.3. The number of piperidine rings is 1. The molecule has 4 nitrogen and oxygen atoms in total. The van der Waals surface area contributed by atoms with Crippen molar-refractivity contribution >= 4 is 36.4 Å². The second-order valence-corrected chi connectivity index (χ2v) is 7.09. The van der Waals surface area contributed by atoms with E-state index in [1.165, 1.54) is 31.5 Å². The molecule has 0 saturated carbocycles. The summed E-state index contributed by atoms with van der Waals surface area (Å²) in [6.07, 6.45) is 2.58. The lowest BCUT2D eigenvalue weighted by Crippen LogP contribution is -2.32. The summed E-state index contributed by atoms with van der Waals surface area (Å²) < 4.78 is 0. The average molecular weight is 410 g/mol. The van der Waals surface area contributed by atoms with Crippen LogP contribution in [0.2, 0.25) is 0 Å². The molecule has 0 aromatic heterocycles. The van der Waals surface area contributed by atoms with E-state index in [0.717, 1.165) is 18.0 Å². The first-order valence-electron chi connectivity index (χ1n) is 9.04. The number of likely N-dealkylation sites (tertiary alicyclic amines) is 1. The summed E-state index contributed by atoms with van der Waals surface area (Å²) in [5.74, 6) is 0.757. The number of hydrogen-bond donors (Lipinski definition) is 2. The SMILES string of the molecule is CC1CCN(Cc2cccc(CNC(=O)c3cccc(N)c3)c2)CC1.Cl.Cl. The first-order chi connectivity index (χ1) is 12.1. The van der Waals surface area contributed by atoms with Crippen LogP contribution in [0, 0.1) is 5.92 Å². The number of rotatable bonds is 5. The Morgan fingerprint density at radius 1 is 1.07 bits per heavy atom. The molecule has 2 aromatic carbocycles. The van der Waals surface area contributed by atoms with Gasteiger partial charge in [-0.05, 0) is 61.2 Å². The Balaban J connectivity index is 0.00000182. The molecule has 1 saturated heterocycles. The molecule has 2 aromatic rings. The molecule has 1 heterocycles. The maximum Gasteiger partial charge on any atom is 0.251 e. The molecule has 0 atom stereocenters. The van der Waals surface area contributed by atoms with Crippen molar-refractivity contribution < 1.29 is 4.79 Å². The van der Waals surface area contributed by atoms with E-state index in [4.69, 9.17) is 5.73 Å². The minimum atomic E-state index is -0.0947. The number of nitrogens with one attached hydrogen (secondary N) is 1. The molecule has 0 aliphatic carbocycles. The van der Waals surface area contributed by atoms with Crippen LogP contribution in [-0.4, -0.2) is 23.9 Å². The van der Waals surface area contributed by atoms with E-state index < -0.39 is 0 Å². The van der Waals surface area contributed by atoms with Crippen molar-refractivity contribution in [2.75, 3.05) is 18.8 Å². The van der Waals surface area contributed by atoms with Gasteiger partial charge in [-0.1, -0.05) is 37.3 Å². The molecule has 0 bridgehead atoms. The third-order valence-electron chi connectivity index (χ3n) is 4.88. The average Bonchev–Trinajstić information content (AvgIpc) is 2.62. The summed E-state index contributed by atoms with van der Waals surface area (Å²) in [5.41, 5.74) is 9.37. The minimum Gasteiger partial charge on any atom is -0.399 e. The molecule has 6 heteroatoms. The second kappa shape index (κ2) is 11.2. The largest absolute Gasteiger partial charge is 0.399 e. The number of amides is 1. The predicted molar refractivity (Wildman–Crippen MR) is 117 cm³/mol. The van der Waals surface area contributed by atoms with E-state index in [1.54, 1.807) is 24.3 Å². The molecular weight excluding hydrogens is 381 g/mol. The van der Waals surface area contributed by atoms with Crippen molar-refractivity contribution in [1.29, 1.82) is 0 Å².